The molecule has 0 bridgehead atoms. The summed E-state index contributed by atoms with van der Waals surface area (Å²) in [6.45, 7) is 4.08. The Hall–Kier alpha value is -1.87. The summed E-state index contributed by atoms with van der Waals surface area (Å²) >= 11 is 0. The summed E-state index contributed by atoms with van der Waals surface area (Å²) in [5, 5.41) is 0. The molecule has 0 radical (unpaired) electrons. The SMILES string of the molecule is CC[C@H](N)c1ccc(Oc2cccc(C)c2)cn1. The first-order chi connectivity index (χ1) is 8.69. The minimum Gasteiger partial charge on any atom is -0.456 e. The van der Waals surface area contributed by atoms with Crippen molar-refractivity contribution in [1.82, 2.24) is 4.98 Å². The monoisotopic (exact) mass is 242 g/mol. The zero-order chi connectivity index (χ0) is 13.0. The molecule has 1 atom stereocenters. The summed E-state index contributed by atoms with van der Waals surface area (Å²) in [4.78, 5) is 4.32. The number of nitrogens with zero attached hydrogens (tertiary/aromatic N) is 1. The summed E-state index contributed by atoms with van der Waals surface area (Å²) in [5.74, 6) is 1.55. The first-order valence-electron chi connectivity index (χ1n) is 6.15. The van der Waals surface area contributed by atoms with Crippen LogP contribution in [0.25, 0.3) is 0 Å². The maximum Gasteiger partial charge on any atom is 0.145 e. The van der Waals surface area contributed by atoms with E-state index in [0.717, 1.165) is 23.6 Å². The molecular weight excluding hydrogens is 224 g/mol. The Bertz CT molecular complexity index is 508. The van der Waals surface area contributed by atoms with Crippen LogP contribution >= 0.6 is 0 Å². The van der Waals surface area contributed by atoms with Crippen molar-refractivity contribution in [2.45, 2.75) is 26.3 Å². The Balaban J connectivity index is 2.11. The Kier molecular flexibility index (Phi) is 3.95. The highest BCUT2D eigenvalue weighted by Gasteiger charge is 2.05. The Labute approximate surface area is 108 Å². The van der Waals surface area contributed by atoms with Crippen molar-refractivity contribution >= 4 is 0 Å². The second-order valence-electron chi connectivity index (χ2n) is 4.35. The molecule has 3 nitrogen and oxygen atoms in total. The molecule has 2 N–H and O–H groups in total. The maximum absolute atomic E-state index is 5.91. The van der Waals surface area contributed by atoms with Crippen LogP contribution in [0.5, 0.6) is 11.5 Å². The van der Waals surface area contributed by atoms with Gasteiger partial charge in [-0.25, -0.2) is 0 Å². The van der Waals surface area contributed by atoms with Crippen LogP contribution in [0.3, 0.4) is 0 Å². The number of pyridine rings is 1. The van der Waals surface area contributed by atoms with Crippen LogP contribution in [0.4, 0.5) is 0 Å². The van der Waals surface area contributed by atoms with Crippen LogP contribution in [0, 0.1) is 6.92 Å². The average molecular weight is 242 g/mol. The summed E-state index contributed by atoms with van der Waals surface area (Å²) in [5.41, 5.74) is 7.98. The predicted molar refractivity (Wildman–Crippen MR) is 72.7 cm³/mol. The van der Waals surface area contributed by atoms with Gasteiger partial charge in [-0.05, 0) is 43.2 Å². The van der Waals surface area contributed by atoms with Gasteiger partial charge in [0.25, 0.3) is 0 Å². The third-order valence-corrected chi connectivity index (χ3v) is 2.80. The molecule has 0 aliphatic carbocycles. The number of hydrogen-bond donors (Lipinski definition) is 1. The Morgan fingerprint density at radius 1 is 1.22 bits per heavy atom. The summed E-state index contributed by atoms with van der Waals surface area (Å²) in [6, 6.07) is 11.7. The van der Waals surface area contributed by atoms with Gasteiger partial charge in [-0.1, -0.05) is 19.1 Å². The lowest BCUT2D eigenvalue weighted by atomic mass is 10.1. The van der Waals surface area contributed by atoms with Gasteiger partial charge in [0.15, 0.2) is 0 Å². The van der Waals surface area contributed by atoms with Crippen LogP contribution in [0.15, 0.2) is 42.6 Å². The molecule has 1 aromatic heterocycles. The van der Waals surface area contributed by atoms with Gasteiger partial charge in [0.05, 0.1) is 11.9 Å². The molecule has 2 rings (SSSR count). The van der Waals surface area contributed by atoms with Crippen LogP contribution in [-0.2, 0) is 0 Å². The normalized spacial score (nSPS) is 12.2. The standard InChI is InChI=1S/C15H18N2O/c1-3-14(16)15-8-7-13(10-17-15)18-12-6-4-5-11(2)9-12/h4-10,14H,3,16H2,1-2H3/t14-/m0/s1. The van der Waals surface area contributed by atoms with Crippen LogP contribution < -0.4 is 10.5 Å². The largest absolute Gasteiger partial charge is 0.456 e. The minimum atomic E-state index is -0.00183. The number of nitrogens with two attached hydrogens (primary N) is 1. The minimum absolute atomic E-state index is 0.00183. The molecule has 0 unspecified atom stereocenters. The zero-order valence-corrected chi connectivity index (χ0v) is 10.8. The van der Waals surface area contributed by atoms with Gasteiger partial charge in [0, 0.05) is 6.04 Å². The molecule has 94 valence electrons. The predicted octanol–water partition coefficient (Wildman–Crippen LogP) is 3.59. The second kappa shape index (κ2) is 5.65. The van der Waals surface area contributed by atoms with Gasteiger partial charge in [0.1, 0.15) is 11.5 Å². The van der Waals surface area contributed by atoms with Crippen LogP contribution in [0.2, 0.25) is 0 Å². The zero-order valence-electron chi connectivity index (χ0n) is 10.8. The highest BCUT2D eigenvalue weighted by Crippen LogP contribution is 2.22. The van der Waals surface area contributed by atoms with E-state index in [4.69, 9.17) is 10.5 Å². The summed E-state index contributed by atoms with van der Waals surface area (Å²) in [7, 11) is 0. The molecule has 0 spiro atoms. The number of ether oxygens (including phenoxy) is 1. The second-order valence-corrected chi connectivity index (χ2v) is 4.35. The fraction of sp³-hybridized carbons (Fsp3) is 0.267. The van der Waals surface area contributed by atoms with Gasteiger partial charge in [-0.15, -0.1) is 0 Å². The highest BCUT2D eigenvalue weighted by atomic mass is 16.5. The van der Waals surface area contributed by atoms with Crippen LogP contribution in [0.1, 0.15) is 30.6 Å². The average Bonchev–Trinajstić information content (AvgIpc) is 2.39. The Morgan fingerprint density at radius 3 is 2.67 bits per heavy atom. The Morgan fingerprint density at radius 2 is 2.06 bits per heavy atom. The van der Waals surface area contributed by atoms with E-state index in [1.54, 1.807) is 6.20 Å². The number of aromatic nitrogens is 1. The lowest BCUT2D eigenvalue weighted by Crippen LogP contribution is -2.10. The molecule has 2 aromatic rings. The van der Waals surface area contributed by atoms with E-state index in [2.05, 4.69) is 4.98 Å². The molecule has 0 saturated heterocycles. The molecule has 18 heavy (non-hydrogen) atoms. The molecule has 1 heterocycles. The van der Waals surface area contributed by atoms with Gasteiger partial charge >= 0.3 is 0 Å². The van der Waals surface area contributed by atoms with Crippen molar-refractivity contribution < 1.29 is 4.74 Å². The van der Waals surface area contributed by atoms with E-state index in [1.807, 2.05) is 50.2 Å². The molecule has 0 fully saturated rings. The van der Waals surface area contributed by atoms with E-state index in [-0.39, 0.29) is 6.04 Å². The molecule has 3 heteroatoms. The van der Waals surface area contributed by atoms with E-state index >= 15 is 0 Å². The van der Waals surface area contributed by atoms with Crippen molar-refractivity contribution in [2.75, 3.05) is 0 Å². The molecular formula is C15H18N2O. The molecule has 0 aliphatic heterocycles. The van der Waals surface area contributed by atoms with Gasteiger partial charge in [0.2, 0.25) is 0 Å². The number of rotatable bonds is 4. The summed E-state index contributed by atoms with van der Waals surface area (Å²) in [6.07, 6.45) is 2.60. The van der Waals surface area contributed by atoms with E-state index < -0.39 is 0 Å². The third kappa shape index (κ3) is 3.08. The van der Waals surface area contributed by atoms with E-state index in [9.17, 15) is 0 Å². The lowest BCUT2D eigenvalue weighted by molar-refractivity contribution is 0.478. The smallest absolute Gasteiger partial charge is 0.145 e. The fourth-order valence-electron chi connectivity index (χ4n) is 1.70. The van der Waals surface area contributed by atoms with Crippen molar-refractivity contribution in [3.8, 4) is 11.5 Å². The van der Waals surface area contributed by atoms with Crippen molar-refractivity contribution in [2.24, 2.45) is 5.73 Å². The number of hydrogen-bond acceptors (Lipinski definition) is 3. The summed E-state index contributed by atoms with van der Waals surface area (Å²) < 4.78 is 5.72. The lowest BCUT2D eigenvalue weighted by Gasteiger charge is -2.09. The van der Waals surface area contributed by atoms with Crippen molar-refractivity contribution in [1.29, 1.82) is 0 Å². The van der Waals surface area contributed by atoms with Gasteiger partial charge in [-0.2, -0.15) is 0 Å². The van der Waals surface area contributed by atoms with E-state index in [1.165, 1.54) is 5.56 Å². The molecule has 0 amide bonds. The first-order valence-corrected chi connectivity index (χ1v) is 6.15. The molecule has 0 aliphatic rings. The maximum atomic E-state index is 5.91. The van der Waals surface area contributed by atoms with Gasteiger partial charge < -0.3 is 10.5 Å². The van der Waals surface area contributed by atoms with Crippen molar-refractivity contribution in [3.05, 3.63) is 53.9 Å². The highest BCUT2D eigenvalue weighted by molar-refractivity contribution is 5.32. The number of benzene rings is 1. The molecule has 0 saturated carbocycles. The quantitative estimate of drug-likeness (QED) is 0.891. The fourth-order valence-corrected chi connectivity index (χ4v) is 1.70. The third-order valence-electron chi connectivity index (χ3n) is 2.80. The van der Waals surface area contributed by atoms with Crippen molar-refractivity contribution in [3.63, 3.8) is 0 Å². The van der Waals surface area contributed by atoms with E-state index in [0.29, 0.717) is 0 Å². The first kappa shape index (κ1) is 12.6. The number of aryl methyl sites for hydroxylation is 1. The molecule has 1 aromatic carbocycles. The van der Waals surface area contributed by atoms with Crippen LogP contribution in [-0.4, -0.2) is 4.98 Å². The van der Waals surface area contributed by atoms with Gasteiger partial charge in [-0.3, -0.25) is 4.98 Å². The topological polar surface area (TPSA) is 48.1 Å².